The Morgan fingerprint density at radius 1 is 1.46 bits per heavy atom. The molecule has 0 spiro atoms. The van der Waals surface area contributed by atoms with E-state index in [1.165, 1.54) is 12.8 Å². The molecule has 1 rings (SSSR count). The SMILES string of the molecule is CN(CCCC#N)C1CCNCC1. The van der Waals surface area contributed by atoms with Crippen LogP contribution in [0.2, 0.25) is 0 Å². The summed E-state index contributed by atoms with van der Waals surface area (Å²) < 4.78 is 0. The number of rotatable bonds is 4. The van der Waals surface area contributed by atoms with Gasteiger partial charge < -0.3 is 10.2 Å². The van der Waals surface area contributed by atoms with Gasteiger partial charge in [-0.15, -0.1) is 0 Å². The number of unbranched alkanes of at least 4 members (excludes halogenated alkanes) is 1. The first-order valence-electron chi connectivity index (χ1n) is 5.12. The predicted molar refractivity (Wildman–Crippen MR) is 53.4 cm³/mol. The Labute approximate surface area is 80.7 Å². The molecule has 13 heavy (non-hydrogen) atoms. The molecule has 1 heterocycles. The van der Waals surface area contributed by atoms with Gasteiger partial charge in [0.25, 0.3) is 0 Å². The summed E-state index contributed by atoms with van der Waals surface area (Å²) in [6.45, 7) is 3.36. The Morgan fingerprint density at radius 2 is 2.15 bits per heavy atom. The van der Waals surface area contributed by atoms with Gasteiger partial charge in [-0.3, -0.25) is 0 Å². The highest BCUT2D eigenvalue weighted by Gasteiger charge is 2.16. The quantitative estimate of drug-likeness (QED) is 0.657. The molecule has 1 saturated heterocycles. The molecular weight excluding hydrogens is 162 g/mol. The molecule has 0 aromatic rings. The standard InChI is InChI=1S/C10H19N3/c1-13(9-3-2-6-11)10-4-7-12-8-5-10/h10,12H,2-5,7-9H2,1H3. The van der Waals surface area contributed by atoms with E-state index in [9.17, 15) is 0 Å². The Kier molecular flexibility index (Phi) is 4.81. The summed E-state index contributed by atoms with van der Waals surface area (Å²) in [7, 11) is 2.17. The normalized spacial score (nSPS) is 18.8. The molecule has 1 aliphatic rings. The fraction of sp³-hybridized carbons (Fsp3) is 0.900. The van der Waals surface area contributed by atoms with Gasteiger partial charge in [0.1, 0.15) is 0 Å². The molecule has 0 radical (unpaired) electrons. The molecule has 74 valence electrons. The highest BCUT2D eigenvalue weighted by Crippen LogP contribution is 2.10. The maximum absolute atomic E-state index is 8.41. The van der Waals surface area contributed by atoms with E-state index in [0.717, 1.165) is 32.1 Å². The number of nitrogens with zero attached hydrogens (tertiary/aromatic N) is 2. The average molecular weight is 181 g/mol. The summed E-state index contributed by atoms with van der Waals surface area (Å²) in [5.41, 5.74) is 0. The van der Waals surface area contributed by atoms with Crippen molar-refractivity contribution in [3.05, 3.63) is 0 Å². The van der Waals surface area contributed by atoms with E-state index < -0.39 is 0 Å². The highest BCUT2D eigenvalue weighted by molar-refractivity contribution is 4.77. The third kappa shape index (κ3) is 3.75. The Balaban J connectivity index is 2.14. The number of hydrogen-bond acceptors (Lipinski definition) is 3. The smallest absolute Gasteiger partial charge is 0.0622 e. The van der Waals surface area contributed by atoms with E-state index in [1.807, 2.05) is 0 Å². The third-order valence-electron chi connectivity index (χ3n) is 2.73. The molecule has 0 bridgehead atoms. The van der Waals surface area contributed by atoms with Gasteiger partial charge in [-0.1, -0.05) is 0 Å². The van der Waals surface area contributed by atoms with E-state index in [2.05, 4.69) is 23.3 Å². The van der Waals surface area contributed by atoms with Gasteiger partial charge >= 0.3 is 0 Å². The molecule has 0 unspecified atom stereocenters. The third-order valence-corrected chi connectivity index (χ3v) is 2.73. The van der Waals surface area contributed by atoms with E-state index >= 15 is 0 Å². The van der Waals surface area contributed by atoms with Crippen LogP contribution >= 0.6 is 0 Å². The van der Waals surface area contributed by atoms with Gasteiger partial charge in [0.2, 0.25) is 0 Å². The summed E-state index contributed by atoms with van der Waals surface area (Å²) in [4.78, 5) is 2.40. The largest absolute Gasteiger partial charge is 0.317 e. The molecule has 0 aromatic heterocycles. The van der Waals surface area contributed by atoms with Gasteiger partial charge in [-0.25, -0.2) is 0 Å². The molecule has 0 atom stereocenters. The fourth-order valence-corrected chi connectivity index (χ4v) is 1.84. The van der Waals surface area contributed by atoms with Crippen molar-refractivity contribution < 1.29 is 0 Å². The van der Waals surface area contributed by atoms with Crippen molar-refractivity contribution in [2.75, 3.05) is 26.7 Å². The number of nitriles is 1. The summed E-state index contributed by atoms with van der Waals surface area (Å²) in [5.74, 6) is 0. The van der Waals surface area contributed by atoms with Crippen LogP contribution in [0.5, 0.6) is 0 Å². The molecule has 1 N–H and O–H groups in total. The second kappa shape index (κ2) is 5.95. The lowest BCUT2D eigenvalue weighted by molar-refractivity contribution is 0.198. The predicted octanol–water partition coefficient (Wildman–Crippen LogP) is 0.974. The van der Waals surface area contributed by atoms with Crippen LogP contribution in [0.25, 0.3) is 0 Å². The Bertz CT molecular complexity index is 167. The van der Waals surface area contributed by atoms with Crippen molar-refractivity contribution in [3.63, 3.8) is 0 Å². The molecule has 3 nitrogen and oxygen atoms in total. The van der Waals surface area contributed by atoms with Gasteiger partial charge in [-0.05, 0) is 45.9 Å². The van der Waals surface area contributed by atoms with Crippen LogP contribution in [0.15, 0.2) is 0 Å². The lowest BCUT2D eigenvalue weighted by Gasteiger charge is -2.31. The fourth-order valence-electron chi connectivity index (χ4n) is 1.84. The zero-order chi connectivity index (χ0) is 9.52. The zero-order valence-electron chi connectivity index (χ0n) is 8.42. The summed E-state index contributed by atoms with van der Waals surface area (Å²) >= 11 is 0. The van der Waals surface area contributed by atoms with Crippen molar-refractivity contribution in [2.24, 2.45) is 0 Å². The van der Waals surface area contributed by atoms with Crippen molar-refractivity contribution >= 4 is 0 Å². The topological polar surface area (TPSA) is 39.1 Å². The molecule has 3 heteroatoms. The minimum atomic E-state index is 0.690. The summed E-state index contributed by atoms with van der Waals surface area (Å²) in [6, 6.07) is 2.92. The molecule has 0 saturated carbocycles. The first-order chi connectivity index (χ1) is 6.34. The Hall–Kier alpha value is -0.590. The van der Waals surface area contributed by atoms with E-state index in [-0.39, 0.29) is 0 Å². The molecule has 1 fully saturated rings. The molecule has 0 aromatic carbocycles. The minimum Gasteiger partial charge on any atom is -0.317 e. The second-order valence-corrected chi connectivity index (χ2v) is 3.72. The van der Waals surface area contributed by atoms with Crippen LogP contribution < -0.4 is 5.32 Å². The van der Waals surface area contributed by atoms with E-state index in [0.29, 0.717) is 6.42 Å². The first-order valence-corrected chi connectivity index (χ1v) is 5.12. The van der Waals surface area contributed by atoms with Crippen molar-refractivity contribution in [3.8, 4) is 6.07 Å². The maximum atomic E-state index is 8.41. The van der Waals surface area contributed by atoms with Gasteiger partial charge in [0.05, 0.1) is 6.07 Å². The van der Waals surface area contributed by atoms with E-state index in [4.69, 9.17) is 5.26 Å². The molecule has 0 amide bonds. The van der Waals surface area contributed by atoms with Crippen LogP contribution in [0.3, 0.4) is 0 Å². The second-order valence-electron chi connectivity index (χ2n) is 3.72. The van der Waals surface area contributed by atoms with Crippen molar-refractivity contribution in [1.82, 2.24) is 10.2 Å². The van der Waals surface area contributed by atoms with Crippen LogP contribution in [-0.2, 0) is 0 Å². The van der Waals surface area contributed by atoms with E-state index in [1.54, 1.807) is 0 Å². The summed E-state index contributed by atoms with van der Waals surface area (Å²) in [5, 5.41) is 11.8. The minimum absolute atomic E-state index is 0.690. The van der Waals surface area contributed by atoms with Gasteiger partial charge in [-0.2, -0.15) is 5.26 Å². The monoisotopic (exact) mass is 181 g/mol. The average Bonchev–Trinajstić information content (AvgIpc) is 2.19. The highest BCUT2D eigenvalue weighted by atomic mass is 15.1. The lowest BCUT2D eigenvalue weighted by atomic mass is 10.1. The van der Waals surface area contributed by atoms with Crippen LogP contribution in [0, 0.1) is 11.3 Å². The van der Waals surface area contributed by atoms with Crippen molar-refractivity contribution in [2.45, 2.75) is 31.7 Å². The Morgan fingerprint density at radius 3 is 2.77 bits per heavy atom. The first kappa shape index (κ1) is 10.5. The van der Waals surface area contributed by atoms with Crippen LogP contribution in [0.4, 0.5) is 0 Å². The van der Waals surface area contributed by atoms with Crippen molar-refractivity contribution in [1.29, 1.82) is 5.26 Å². The van der Waals surface area contributed by atoms with Gasteiger partial charge in [0.15, 0.2) is 0 Å². The number of piperidine rings is 1. The van der Waals surface area contributed by atoms with Crippen LogP contribution in [-0.4, -0.2) is 37.6 Å². The summed E-state index contributed by atoms with van der Waals surface area (Å²) in [6.07, 6.45) is 4.21. The zero-order valence-corrected chi connectivity index (χ0v) is 8.42. The molecular formula is C10H19N3. The number of nitrogens with one attached hydrogen (secondary N) is 1. The molecule has 0 aliphatic carbocycles. The van der Waals surface area contributed by atoms with Gasteiger partial charge in [0, 0.05) is 12.5 Å². The van der Waals surface area contributed by atoms with Crippen LogP contribution in [0.1, 0.15) is 25.7 Å². The maximum Gasteiger partial charge on any atom is 0.0622 e. The molecule has 1 aliphatic heterocycles. The number of hydrogen-bond donors (Lipinski definition) is 1. The lowest BCUT2D eigenvalue weighted by Crippen LogP contribution is -2.41.